The highest BCUT2D eigenvalue weighted by atomic mass is 32.2. The van der Waals surface area contributed by atoms with E-state index in [1.807, 2.05) is 0 Å². The van der Waals surface area contributed by atoms with Crippen LogP contribution in [0.15, 0.2) is 29.7 Å². The van der Waals surface area contributed by atoms with Gasteiger partial charge in [0.15, 0.2) is 9.84 Å². The SMILES string of the molecule is COc1ccc(/C(O)=C/S(C)(=O)=O)cc1. The number of aliphatic hydroxyl groups is 1. The van der Waals surface area contributed by atoms with Gasteiger partial charge in [-0.25, -0.2) is 8.42 Å². The number of hydrogen-bond acceptors (Lipinski definition) is 4. The number of aliphatic hydroxyl groups excluding tert-OH is 1. The summed E-state index contributed by atoms with van der Waals surface area (Å²) in [6, 6.07) is 6.44. The summed E-state index contributed by atoms with van der Waals surface area (Å²) in [6.45, 7) is 0. The van der Waals surface area contributed by atoms with Crippen LogP contribution < -0.4 is 4.74 Å². The Kier molecular flexibility index (Phi) is 3.36. The van der Waals surface area contributed by atoms with E-state index in [0.717, 1.165) is 11.7 Å². The van der Waals surface area contributed by atoms with Gasteiger partial charge in [0.2, 0.25) is 0 Å². The topological polar surface area (TPSA) is 63.6 Å². The fourth-order valence-electron chi connectivity index (χ4n) is 1.03. The zero-order valence-electron chi connectivity index (χ0n) is 8.47. The molecule has 0 aliphatic carbocycles. The van der Waals surface area contributed by atoms with Crippen molar-refractivity contribution in [1.29, 1.82) is 0 Å². The summed E-state index contributed by atoms with van der Waals surface area (Å²) < 4.78 is 26.7. The van der Waals surface area contributed by atoms with Gasteiger partial charge in [0.1, 0.15) is 11.5 Å². The van der Waals surface area contributed by atoms with E-state index in [9.17, 15) is 13.5 Å². The van der Waals surface area contributed by atoms with Gasteiger partial charge >= 0.3 is 0 Å². The molecule has 0 saturated carbocycles. The van der Waals surface area contributed by atoms with Gasteiger partial charge in [0.25, 0.3) is 0 Å². The van der Waals surface area contributed by atoms with Crippen molar-refractivity contribution in [2.24, 2.45) is 0 Å². The largest absolute Gasteiger partial charge is 0.507 e. The van der Waals surface area contributed by atoms with Crippen LogP contribution in [0.3, 0.4) is 0 Å². The molecule has 0 aliphatic rings. The highest BCUT2D eigenvalue weighted by Crippen LogP contribution is 2.17. The Balaban J connectivity index is 3.02. The molecule has 0 unspecified atom stereocenters. The molecule has 82 valence electrons. The third-order valence-electron chi connectivity index (χ3n) is 1.71. The van der Waals surface area contributed by atoms with Gasteiger partial charge in [-0.15, -0.1) is 0 Å². The Morgan fingerprint density at radius 1 is 1.33 bits per heavy atom. The summed E-state index contributed by atoms with van der Waals surface area (Å²) in [5.41, 5.74) is 0.432. The molecule has 0 aromatic heterocycles. The van der Waals surface area contributed by atoms with Crippen molar-refractivity contribution >= 4 is 15.6 Å². The number of benzene rings is 1. The minimum Gasteiger partial charge on any atom is -0.507 e. The zero-order chi connectivity index (χ0) is 11.5. The van der Waals surface area contributed by atoms with E-state index in [1.165, 1.54) is 7.11 Å². The maximum atomic E-state index is 10.9. The molecule has 1 aromatic rings. The Morgan fingerprint density at radius 3 is 2.27 bits per heavy atom. The Bertz CT molecular complexity index is 457. The van der Waals surface area contributed by atoms with Crippen molar-refractivity contribution in [3.63, 3.8) is 0 Å². The normalized spacial score (nSPS) is 12.5. The van der Waals surface area contributed by atoms with E-state index >= 15 is 0 Å². The maximum absolute atomic E-state index is 10.9. The molecule has 0 heterocycles. The van der Waals surface area contributed by atoms with E-state index in [-0.39, 0.29) is 5.76 Å². The maximum Gasteiger partial charge on any atom is 0.172 e. The van der Waals surface area contributed by atoms with Crippen molar-refractivity contribution in [2.45, 2.75) is 0 Å². The minimum atomic E-state index is -3.33. The molecule has 0 spiro atoms. The monoisotopic (exact) mass is 228 g/mol. The zero-order valence-corrected chi connectivity index (χ0v) is 9.28. The molecule has 5 heteroatoms. The second-order valence-electron chi connectivity index (χ2n) is 3.06. The Hall–Kier alpha value is -1.49. The highest BCUT2D eigenvalue weighted by Gasteiger charge is 2.03. The van der Waals surface area contributed by atoms with Crippen molar-refractivity contribution in [1.82, 2.24) is 0 Å². The number of sulfone groups is 1. The molecule has 0 amide bonds. The first-order valence-electron chi connectivity index (χ1n) is 4.17. The predicted molar refractivity (Wildman–Crippen MR) is 58.4 cm³/mol. The van der Waals surface area contributed by atoms with Gasteiger partial charge in [-0.2, -0.15) is 0 Å². The first-order valence-corrected chi connectivity index (χ1v) is 6.13. The summed E-state index contributed by atoms with van der Waals surface area (Å²) in [5, 5.41) is 10.3. The number of hydrogen-bond donors (Lipinski definition) is 1. The van der Waals surface area contributed by atoms with E-state index in [1.54, 1.807) is 24.3 Å². The van der Waals surface area contributed by atoms with Crippen LogP contribution in [0.5, 0.6) is 5.75 Å². The summed E-state index contributed by atoms with van der Waals surface area (Å²) in [5.74, 6) is 0.367. The van der Waals surface area contributed by atoms with Gasteiger partial charge in [-0.05, 0) is 24.3 Å². The fraction of sp³-hybridized carbons (Fsp3) is 0.200. The third kappa shape index (κ3) is 3.63. The first kappa shape index (κ1) is 11.6. The fourth-order valence-corrected chi connectivity index (χ4v) is 1.57. The number of methoxy groups -OCH3 is 1. The van der Waals surface area contributed by atoms with Crippen LogP contribution in [0.4, 0.5) is 0 Å². The quantitative estimate of drug-likeness (QED) is 0.798. The van der Waals surface area contributed by atoms with E-state index in [4.69, 9.17) is 4.74 Å². The molecular formula is C10H12O4S. The van der Waals surface area contributed by atoms with Crippen LogP contribution >= 0.6 is 0 Å². The molecule has 0 saturated heterocycles. The van der Waals surface area contributed by atoms with E-state index in [0.29, 0.717) is 11.3 Å². The summed E-state index contributed by atoms with van der Waals surface area (Å²) in [7, 11) is -1.80. The number of ether oxygens (including phenoxy) is 1. The lowest BCUT2D eigenvalue weighted by Gasteiger charge is -2.02. The molecule has 15 heavy (non-hydrogen) atoms. The van der Waals surface area contributed by atoms with E-state index < -0.39 is 9.84 Å². The Morgan fingerprint density at radius 2 is 1.87 bits per heavy atom. The minimum absolute atomic E-state index is 0.278. The lowest BCUT2D eigenvalue weighted by molar-refractivity contribution is 0.414. The second kappa shape index (κ2) is 4.35. The van der Waals surface area contributed by atoms with Gasteiger partial charge in [0.05, 0.1) is 12.5 Å². The highest BCUT2D eigenvalue weighted by molar-refractivity contribution is 7.93. The van der Waals surface area contributed by atoms with Gasteiger partial charge in [0, 0.05) is 11.8 Å². The average molecular weight is 228 g/mol. The lowest BCUT2D eigenvalue weighted by Crippen LogP contribution is -1.93. The van der Waals surface area contributed by atoms with Crippen LogP contribution in [-0.4, -0.2) is 26.9 Å². The molecule has 0 atom stereocenters. The average Bonchev–Trinajstić information content (AvgIpc) is 2.15. The molecule has 0 fully saturated rings. The van der Waals surface area contributed by atoms with Crippen LogP contribution in [0.2, 0.25) is 0 Å². The number of rotatable bonds is 3. The summed E-state index contributed by atoms with van der Waals surface area (Å²) in [4.78, 5) is 0. The Labute approximate surface area is 88.7 Å². The van der Waals surface area contributed by atoms with Crippen LogP contribution in [0.25, 0.3) is 5.76 Å². The molecule has 1 aromatic carbocycles. The van der Waals surface area contributed by atoms with Gasteiger partial charge in [-0.3, -0.25) is 0 Å². The molecule has 1 N–H and O–H groups in total. The van der Waals surface area contributed by atoms with Crippen LogP contribution in [0.1, 0.15) is 5.56 Å². The van der Waals surface area contributed by atoms with Crippen molar-refractivity contribution in [3.05, 3.63) is 35.2 Å². The molecule has 4 nitrogen and oxygen atoms in total. The predicted octanol–water partition coefficient (Wildman–Crippen LogP) is 1.60. The van der Waals surface area contributed by atoms with Crippen molar-refractivity contribution < 1.29 is 18.3 Å². The lowest BCUT2D eigenvalue weighted by atomic mass is 10.2. The van der Waals surface area contributed by atoms with Gasteiger partial charge < -0.3 is 9.84 Å². The molecule has 0 radical (unpaired) electrons. The first-order chi connectivity index (χ1) is 6.92. The molecular weight excluding hydrogens is 216 g/mol. The molecule has 0 aliphatic heterocycles. The van der Waals surface area contributed by atoms with E-state index in [2.05, 4.69) is 0 Å². The smallest absolute Gasteiger partial charge is 0.172 e. The summed E-state index contributed by atoms with van der Waals surface area (Å²) >= 11 is 0. The van der Waals surface area contributed by atoms with Gasteiger partial charge in [-0.1, -0.05) is 0 Å². The van der Waals surface area contributed by atoms with Crippen molar-refractivity contribution in [2.75, 3.05) is 13.4 Å². The molecule has 1 rings (SSSR count). The van der Waals surface area contributed by atoms with Crippen LogP contribution in [-0.2, 0) is 9.84 Å². The second-order valence-corrected chi connectivity index (χ2v) is 4.96. The third-order valence-corrected chi connectivity index (χ3v) is 2.36. The van der Waals surface area contributed by atoms with Crippen molar-refractivity contribution in [3.8, 4) is 5.75 Å². The van der Waals surface area contributed by atoms with Crippen LogP contribution in [0, 0.1) is 0 Å². The summed E-state index contributed by atoms with van der Waals surface area (Å²) in [6.07, 6.45) is 1.02. The standard InChI is InChI=1S/C10H12O4S/c1-14-9-5-3-8(4-6-9)10(11)7-15(2,12)13/h3-7,11H,1-2H3/b10-7-. The molecule has 0 bridgehead atoms.